The van der Waals surface area contributed by atoms with Crippen LogP contribution >= 0.6 is 0 Å². The van der Waals surface area contributed by atoms with Crippen LogP contribution in [0.1, 0.15) is 27.7 Å². The average molecular weight is 644 g/mol. The molecule has 0 saturated carbocycles. The minimum Gasteiger partial charge on any atom is -0.485 e. The van der Waals surface area contributed by atoms with Crippen LogP contribution < -0.4 is 23.4 Å². The van der Waals surface area contributed by atoms with E-state index in [1.54, 1.807) is 6.92 Å². The van der Waals surface area contributed by atoms with Gasteiger partial charge >= 0.3 is 12.3 Å². The molecule has 2 atom stereocenters. The van der Waals surface area contributed by atoms with E-state index >= 15 is 0 Å². The van der Waals surface area contributed by atoms with Crippen LogP contribution in [-0.4, -0.2) is 92.8 Å². The van der Waals surface area contributed by atoms with Crippen molar-refractivity contribution in [2.45, 2.75) is 63.0 Å². The molecule has 19 heteroatoms. The lowest BCUT2D eigenvalue weighted by Gasteiger charge is -2.42. The van der Waals surface area contributed by atoms with Crippen LogP contribution in [0.25, 0.3) is 0 Å². The molecule has 0 bridgehead atoms. The molecule has 2 heterocycles. The molecule has 1 aliphatic heterocycles. The highest BCUT2D eigenvalue weighted by molar-refractivity contribution is 7.93. The van der Waals surface area contributed by atoms with Gasteiger partial charge in [0.2, 0.25) is 10.0 Å². The largest absolute Gasteiger partial charge is 0.485 e. The Morgan fingerprint density at radius 1 is 1.24 bits per heavy atom. The molecule has 0 aliphatic carbocycles. The Bertz CT molecular complexity index is 1530. The van der Waals surface area contributed by atoms with Crippen LogP contribution in [-0.2, 0) is 26.6 Å². The molecule has 42 heavy (non-hydrogen) atoms. The molecule has 1 amide bonds. The number of hydrogen-bond donors (Lipinski definition) is 3. The standard InChI is InChI=1S/C23H32F3N5O9S2/c1-6-29-13-19(20(28-29)39-10-9-32)42(37,38)31-14(2)18(12-27-41(5,35)36)40-17-8-7-15(11-16(17)31)30(21(33)34)22(3,4)23(24,25)26/h7-8,11,13-14,18,27,32H,6,9-10,12H2,1-5H3,(H,33,34)/t14-,18+/m1/s1. The molecule has 1 aliphatic rings. The smallest absolute Gasteiger partial charge is 0.412 e. The summed E-state index contributed by atoms with van der Waals surface area (Å²) in [5.74, 6) is -0.532. The Kier molecular flexibility index (Phi) is 9.31. The van der Waals surface area contributed by atoms with E-state index in [2.05, 4.69) is 9.82 Å². The summed E-state index contributed by atoms with van der Waals surface area (Å²) in [6, 6.07) is 1.88. The van der Waals surface area contributed by atoms with Crippen LogP contribution in [0.2, 0.25) is 0 Å². The Labute approximate surface area is 240 Å². The van der Waals surface area contributed by atoms with E-state index in [9.17, 15) is 45.0 Å². The van der Waals surface area contributed by atoms with Crippen molar-refractivity contribution in [2.24, 2.45) is 0 Å². The minimum atomic E-state index is -5.01. The number of fused-ring (bicyclic) bond motifs is 1. The normalized spacial score (nSPS) is 17.9. The highest BCUT2D eigenvalue weighted by Crippen LogP contribution is 2.45. The van der Waals surface area contributed by atoms with Crippen molar-refractivity contribution in [3.63, 3.8) is 0 Å². The zero-order chi connectivity index (χ0) is 31.8. The number of halogens is 3. The molecule has 236 valence electrons. The first-order valence-electron chi connectivity index (χ1n) is 12.5. The summed E-state index contributed by atoms with van der Waals surface area (Å²) in [5, 5.41) is 23.0. The zero-order valence-electron chi connectivity index (χ0n) is 23.3. The number of amides is 1. The number of carbonyl (C=O) groups is 1. The molecular formula is C23H32F3N5O9S2. The van der Waals surface area contributed by atoms with E-state index in [4.69, 9.17) is 9.47 Å². The number of nitrogens with one attached hydrogen (secondary N) is 1. The fraction of sp³-hybridized carbons (Fsp3) is 0.565. The fourth-order valence-electron chi connectivity index (χ4n) is 4.21. The summed E-state index contributed by atoms with van der Waals surface area (Å²) < 4.78 is 109. The monoisotopic (exact) mass is 643 g/mol. The summed E-state index contributed by atoms with van der Waals surface area (Å²) in [4.78, 5) is 11.7. The first-order valence-corrected chi connectivity index (χ1v) is 15.8. The second-order valence-electron chi connectivity index (χ2n) is 9.87. The first-order chi connectivity index (χ1) is 19.3. The number of hydrogen-bond acceptors (Lipinski definition) is 9. The number of aliphatic hydroxyl groups is 1. The Hall–Kier alpha value is -3.29. The highest BCUT2D eigenvalue weighted by Gasteiger charge is 2.54. The molecular weight excluding hydrogens is 611 g/mol. The van der Waals surface area contributed by atoms with Crippen molar-refractivity contribution in [3.05, 3.63) is 24.4 Å². The van der Waals surface area contributed by atoms with Crippen LogP contribution in [0.4, 0.5) is 29.3 Å². The number of nitrogens with zero attached hydrogens (tertiary/aromatic N) is 4. The minimum absolute atomic E-state index is 0.0605. The molecule has 0 radical (unpaired) electrons. The number of rotatable bonds is 11. The Morgan fingerprint density at radius 2 is 1.88 bits per heavy atom. The second-order valence-corrected chi connectivity index (χ2v) is 13.5. The van der Waals surface area contributed by atoms with Gasteiger partial charge in [-0.2, -0.15) is 13.2 Å². The number of aryl methyl sites for hydroxylation is 1. The van der Waals surface area contributed by atoms with Gasteiger partial charge in [0.1, 0.15) is 24.0 Å². The van der Waals surface area contributed by atoms with Gasteiger partial charge in [-0.1, -0.05) is 0 Å². The van der Waals surface area contributed by atoms with Crippen molar-refractivity contribution >= 4 is 37.5 Å². The van der Waals surface area contributed by atoms with Gasteiger partial charge in [0, 0.05) is 19.3 Å². The maximum atomic E-state index is 14.2. The number of benzene rings is 1. The number of ether oxygens (including phenoxy) is 2. The molecule has 0 saturated heterocycles. The lowest BCUT2D eigenvalue weighted by molar-refractivity contribution is -0.175. The maximum Gasteiger partial charge on any atom is 0.412 e. The third-order valence-electron chi connectivity index (χ3n) is 6.50. The van der Waals surface area contributed by atoms with E-state index in [-0.39, 0.29) is 41.9 Å². The topological polar surface area (TPSA) is 181 Å². The predicted octanol–water partition coefficient (Wildman–Crippen LogP) is 1.99. The zero-order valence-corrected chi connectivity index (χ0v) is 24.9. The lowest BCUT2D eigenvalue weighted by Crippen LogP contribution is -2.57. The highest BCUT2D eigenvalue weighted by atomic mass is 32.2. The molecule has 1 aromatic heterocycles. The van der Waals surface area contributed by atoms with Crippen molar-refractivity contribution in [1.29, 1.82) is 0 Å². The van der Waals surface area contributed by atoms with Gasteiger partial charge in [-0.25, -0.2) is 26.4 Å². The van der Waals surface area contributed by atoms with E-state index < -0.39 is 67.2 Å². The van der Waals surface area contributed by atoms with Gasteiger partial charge in [-0.15, -0.1) is 5.10 Å². The molecule has 2 aromatic rings. The number of sulfonamides is 2. The molecule has 3 rings (SSSR count). The molecule has 0 spiro atoms. The summed E-state index contributed by atoms with van der Waals surface area (Å²) in [5.41, 5.74) is -3.74. The van der Waals surface area contributed by atoms with Crippen LogP contribution in [0.15, 0.2) is 29.3 Å². The molecule has 0 fully saturated rings. The van der Waals surface area contributed by atoms with Gasteiger partial charge < -0.3 is 19.7 Å². The number of carboxylic acid groups (broad SMARTS) is 1. The van der Waals surface area contributed by atoms with Gasteiger partial charge in [0.25, 0.3) is 15.9 Å². The van der Waals surface area contributed by atoms with Crippen LogP contribution in [0.3, 0.4) is 0 Å². The second kappa shape index (κ2) is 11.8. The summed E-state index contributed by atoms with van der Waals surface area (Å²) in [7, 11) is -8.43. The lowest BCUT2D eigenvalue weighted by atomic mass is 10.0. The number of aliphatic hydroxyl groups excluding tert-OH is 1. The number of aromatic nitrogens is 2. The van der Waals surface area contributed by atoms with Gasteiger partial charge in [0.05, 0.1) is 30.3 Å². The van der Waals surface area contributed by atoms with Crippen molar-refractivity contribution in [3.8, 4) is 11.6 Å². The summed E-state index contributed by atoms with van der Waals surface area (Å²) in [6.45, 7) is 3.46. The van der Waals surface area contributed by atoms with E-state index in [1.807, 2.05) is 0 Å². The van der Waals surface area contributed by atoms with Gasteiger partial charge in [0.15, 0.2) is 4.90 Å². The molecule has 14 nitrogen and oxygen atoms in total. The summed E-state index contributed by atoms with van der Waals surface area (Å²) in [6.07, 6.45) is -6.03. The van der Waals surface area contributed by atoms with E-state index in [0.717, 1.165) is 35.0 Å². The number of alkyl halides is 3. The fourth-order valence-corrected chi connectivity index (χ4v) is 6.44. The van der Waals surface area contributed by atoms with E-state index in [1.165, 1.54) is 11.6 Å². The first kappa shape index (κ1) is 33.2. The average Bonchev–Trinajstić information content (AvgIpc) is 3.29. The van der Waals surface area contributed by atoms with Crippen molar-refractivity contribution in [2.75, 3.05) is 35.2 Å². The molecule has 1 aromatic carbocycles. The number of anilines is 2. The Morgan fingerprint density at radius 3 is 2.40 bits per heavy atom. The van der Waals surface area contributed by atoms with E-state index in [0.29, 0.717) is 13.8 Å². The molecule has 0 unspecified atom stereocenters. The predicted molar refractivity (Wildman–Crippen MR) is 144 cm³/mol. The van der Waals surface area contributed by atoms with Crippen LogP contribution in [0, 0.1) is 0 Å². The molecule has 3 N–H and O–H groups in total. The third-order valence-corrected chi connectivity index (χ3v) is 9.08. The van der Waals surface area contributed by atoms with Crippen molar-refractivity contribution in [1.82, 2.24) is 14.5 Å². The Balaban J connectivity index is 2.27. The SMILES string of the molecule is CCn1cc(S(=O)(=O)N2c3cc(N(C(=O)O)C(C)(C)C(F)(F)F)ccc3O[C@@H](CNS(C)(=O)=O)[C@H]2C)c(OCCO)n1. The maximum absolute atomic E-state index is 14.2. The van der Waals surface area contributed by atoms with Gasteiger partial charge in [-0.3, -0.25) is 13.9 Å². The quantitative estimate of drug-likeness (QED) is 0.328. The van der Waals surface area contributed by atoms with Crippen molar-refractivity contribution < 1.29 is 54.5 Å². The van der Waals surface area contributed by atoms with Gasteiger partial charge in [-0.05, 0) is 45.9 Å². The third kappa shape index (κ3) is 6.52. The van der Waals surface area contributed by atoms with Crippen LogP contribution in [0.5, 0.6) is 11.6 Å². The summed E-state index contributed by atoms with van der Waals surface area (Å²) >= 11 is 0.